The van der Waals surface area contributed by atoms with Crippen LogP contribution in [-0.2, 0) is 17.8 Å². The third kappa shape index (κ3) is 5.01. The monoisotopic (exact) mass is 490 g/mol. The molecular formula is C29H31FN2O4. The predicted molar refractivity (Wildman–Crippen MR) is 133 cm³/mol. The number of carbonyl (C=O) groups is 2. The number of ether oxygens (including phenoxy) is 1. The zero-order chi connectivity index (χ0) is 25.1. The SMILES string of the molecule is CCNC(=O)c1ccc(COc2ccc3c(c2)C(c2ccc(F)cc2)N(C(=O)C2CCCC2)CC3)o1. The summed E-state index contributed by atoms with van der Waals surface area (Å²) in [5.41, 5.74) is 3.04. The molecule has 1 fully saturated rings. The Labute approximate surface area is 210 Å². The van der Waals surface area contributed by atoms with Crippen LogP contribution in [0.1, 0.15) is 71.7 Å². The molecule has 0 bridgehead atoms. The van der Waals surface area contributed by atoms with Gasteiger partial charge < -0.3 is 19.4 Å². The van der Waals surface area contributed by atoms with E-state index in [0.717, 1.165) is 48.8 Å². The van der Waals surface area contributed by atoms with Gasteiger partial charge in [0.25, 0.3) is 5.91 Å². The van der Waals surface area contributed by atoms with Gasteiger partial charge in [0.05, 0.1) is 6.04 Å². The predicted octanol–water partition coefficient (Wildman–Crippen LogP) is 5.41. The molecule has 2 aliphatic rings. The van der Waals surface area contributed by atoms with Gasteiger partial charge in [-0.1, -0.05) is 31.0 Å². The highest BCUT2D eigenvalue weighted by Gasteiger charge is 2.36. The zero-order valence-corrected chi connectivity index (χ0v) is 20.5. The van der Waals surface area contributed by atoms with Crippen LogP contribution in [0.2, 0.25) is 0 Å². The molecule has 0 spiro atoms. The van der Waals surface area contributed by atoms with E-state index in [1.54, 1.807) is 24.3 Å². The second-order valence-electron chi connectivity index (χ2n) is 9.49. The molecule has 1 N–H and O–H groups in total. The number of hydrogen-bond donors (Lipinski definition) is 1. The molecule has 7 heteroatoms. The average Bonchev–Trinajstić information content (AvgIpc) is 3.60. The highest BCUT2D eigenvalue weighted by molar-refractivity contribution is 5.91. The summed E-state index contributed by atoms with van der Waals surface area (Å²) in [6, 6.07) is 15.4. The molecule has 188 valence electrons. The maximum Gasteiger partial charge on any atom is 0.286 e. The normalized spacial score (nSPS) is 17.6. The molecule has 6 nitrogen and oxygen atoms in total. The number of carbonyl (C=O) groups excluding carboxylic acids is 2. The van der Waals surface area contributed by atoms with Crippen LogP contribution in [0.25, 0.3) is 0 Å². The van der Waals surface area contributed by atoms with Gasteiger partial charge in [-0.15, -0.1) is 0 Å². The van der Waals surface area contributed by atoms with Crippen molar-refractivity contribution in [3.05, 3.63) is 88.6 Å². The quantitative estimate of drug-likeness (QED) is 0.481. The Morgan fingerprint density at radius 2 is 1.86 bits per heavy atom. The summed E-state index contributed by atoms with van der Waals surface area (Å²) in [5, 5.41) is 2.71. The fourth-order valence-corrected chi connectivity index (χ4v) is 5.31. The van der Waals surface area contributed by atoms with Crippen molar-refractivity contribution in [2.75, 3.05) is 13.1 Å². The number of halogens is 1. The molecule has 36 heavy (non-hydrogen) atoms. The van der Waals surface area contributed by atoms with Crippen molar-refractivity contribution in [1.29, 1.82) is 0 Å². The van der Waals surface area contributed by atoms with Crippen molar-refractivity contribution in [3.63, 3.8) is 0 Å². The summed E-state index contributed by atoms with van der Waals surface area (Å²) in [6.07, 6.45) is 4.81. The van der Waals surface area contributed by atoms with Gasteiger partial charge in [-0.05, 0) is 79.3 Å². The maximum atomic E-state index is 13.7. The standard InChI is InChI=1S/C29H31FN2O4/c1-2-31-28(33)26-14-13-24(36-26)18-35-23-12-9-19-15-16-32(29(34)21-5-3-4-6-21)27(25(19)17-23)20-7-10-22(30)11-8-20/h7-14,17,21,27H,2-6,15-16,18H2,1H3,(H,31,33). The molecule has 2 amide bonds. The maximum absolute atomic E-state index is 13.7. The minimum Gasteiger partial charge on any atom is -0.486 e. The first-order valence-corrected chi connectivity index (χ1v) is 12.7. The van der Waals surface area contributed by atoms with Crippen molar-refractivity contribution in [2.45, 2.75) is 51.7 Å². The van der Waals surface area contributed by atoms with E-state index in [2.05, 4.69) is 5.32 Å². The number of furan rings is 1. The van der Waals surface area contributed by atoms with E-state index < -0.39 is 0 Å². The summed E-state index contributed by atoms with van der Waals surface area (Å²) >= 11 is 0. The highest BCUT2D eigenvalue weighted by Crippen LogP contribution is 2.39. The van der Waals surface area contributed by atoms with Crippen LogP contribution < -0.4 is 10.1 Å². The number of nitrogens with one attached hydrogen (secondary N) is 1. The molecular weight excluding hydrogens is 459 g/mol. The molecule has 0 radical (unpaired) electrons. The van der Waals surface area contributed by atoms with Gasteiger partial charge in [-0.25, -0.2) is 4.39 Å². The minimum absolute atomic E-state index is 0.0620. The first-order valence-electron chi connectivity index (χ1n) is 12.7. The lowest BCUT2D eigenvalue weighted by atomic mass is 9.87. The Morgan fingerprint density at radius 1 is 1.08 bits per heavy atom. The lowest BCUT2D eigenvalue weighted by molar-refractivity contribution is -0.137. The summed E-state index contributed by atoms with van der Waals surface area (Å²) < 4.78 is 25.4. The third-order valence-corrected chi connectivity index (χ3v) is 7.12. The molecule has 2 heterocycles. The summed E-state index contributed by atoms with van der Waals surface area (Å²) in [7, 11) is 0. The first-order chi connectivity index (χ1) is 17.5. The van der Waals surface area contributed by atoms with Gasteiger partial charge >= 0.3 is 0 Å². The molecule has 1 saturated carbocycles. The lowest BCUT2D eigenvalue weighted by Gasteiger charge is -2.39. The highest BCUT2D eigenvalue weighted by atomic mass is 19.1. The molecule has 1 atom stereocenters. The number of benzene rings is 2. The molecule has 1 aliphatic heterocycles. The van der Waals surface area contributed by atoms with Crippen molar-refractivity contribution in [3.8, 4) is 5.75 Å². The van der Waals surface area contributed by atoms with E-state index in [9.17, 15) is 14.0 Å². The van der Waals surface area contributed by atoms with E-state index in [1.165, 1.54) is 12.1 Å². The van der Waals surface area contributed by atoms with E-state index in [-0.39, 0.29) is 42.0 Å². The van der Waals surface area contributed by atoms with Crippen LogP contribution >= 0.6 is 0 Å². The average molecular weight is 491 g/mol. The zero-order valence-electron chi connectivity index (χ0n) is 20.5. The van der Waals surface area contributed by atoms with Gasteiger partial charge in [0, 0.05) is 19.0 Å². The Balaban J connectivity index is 1.40. The van der Waals surface area contributed by atoms with Crippen LogP contribution in [0.15, 0.2) is 59.0 Å². The molecule has 5 rings (SSSR count). The van der Waals surface area contributed by atoms with Crippen molar-refractivity contribution >= 4 is 11.8 Å². The molecule has 2 aromatic carbocycles. The minimum atomic E-state index is -0.300. The first kappa shape index (κ1) is 24.1. The van der Waals surface area contributed by atoms with Gasteiger partial charge in [-0.2, -0.15) is 0 Å². The number of nitrogens with zero attached hydrogens (tertiary/aromatic N) is 1. The number of amides is 2. The fraction of sp³-hybridized carbons (Fsp3) is 0.379. The number of hydrogen-bond acceptors (Lipinski definition) is 4. The summed E-state index contributed by atoms with van der Waals surface area (Å²) in [4.78, 5) is 27.5. The summed E-state index contributed by atoms with van der Waals surface area (Å²) in [5.74, 6) is 1.13. The van der Waals surface area contributed by atoms with Crippen LogP contribution in [0, 0.1) is 11.7 Å². The molecule has 1 unspecified atom stereocenters. The van der Waals surface area contributed by atoms with Gasteiger partial charge in [0.2, 0.25) is 5.91 Å². The van der Waals surface area contributed by atoms with Gasteiger partial charge in [0.15, 0.2) is 5.76 Å². The smallest absolute Gasteiger partial charge is 0.286 e. The molecule has 1 aromatic heterocycles. The van der Waals surface area contributed by atoms with E-state index in [4.69, 9.17) is 9.15 Å². The van der Waals surface area contributed by atoms with Crippen LogP contribution in [0.3, 0.4) is 0 Å². The van der Waals surface area contributed by atoms with E-state index in [0.29, 0.717) is 24.6 Å². The van der Waals surface area contributed by atoms with Crippen LogP contribution in [-0.4, -0.2) is 29.8 Å². The van der Waals surface area contributed by atoms with Gasteiger partial charge in [-0.3, -0.25) is 9.59 Å². The fourth-order valence-electron chi connectivity index (χ4n) is 5.31. The van der Waals surface area contributed by atoms with Crippen LogP contribution in [0.4, 0.5) is 4.39 Å². The third-order valence-electron chi connectivity index (χ3n) is 7.12. The number of rotatable bonds is 7. The Morgan fingerprint density at radius 3 is 2.61 bits per heavy atom. The lowest BCUT2D eigenvalue weighted by Crippen LogP contribution is -2.43. The Bertz CT molecular complexity index is 1230. The van der Waals surface area contributed by atoms with E-state index >= 15 is 0 Å². The second kappa shape index (κ2) is 10.6. The number of fused-ring (bicyclic) bond motifs is 1. The largest absolute Gasteiger partial charge is 0.486 e. The van der Waals surface area contributed by atoms with E-state index in [1.807, 2.05) is 30.0 Å². The van der Waals surface area contributed by atoms with Crippen LogP contribution in [0.5, 0.6) is 5.75 Å². The Kier molecular flexibility index (Phi) is 7.07. The topological polar surface area (TPSA) is 71.8 Å². The van der Waals surface area contributed by atoms with Gasteiger partial charge in [0.1, 0.15) is 23.9 Å². The van der Waals surface area contributed by atoms with Crippen molar-refractivity contribution < 1.29 is 23.1 Å². The molecule has 1 aliphatic carbocycles. The second-order valence-corrected chi connectivity index (χ2v) is 9.49. The molecule has 0 saturated heterocycles. The summed E-state index contributed by atoms with van der Waals surface area (Å²) in [6.45, 7) is 3.18. The Hall–Kier alpha value is -3.61. The molecule has 3 aromatic rings. The van der Waals surface area contributed by atoms with Crippen molar-refractivity contribution in [2.24, 2.45) is 5.92 Å². The van der Waals surface area contributed by atoms with Crippen molar-refractivity contribution in [1.82, 2.24) is 10.2 Å².